The fourth-order valence-corrected chi connectivity index (χ4v) is 4.68. The van der Waals surface area contributed by atoms with Crippen LogP contribution in [0.5, 0.6) is 0 Å². The Morgan fingerprint density at radius 2 is 2.26 bits per heavy atom. The molecule has 128 valence electrons. The number of hydrogen-bond donors (Lipinski definition) is 2. The van der Waals surface area contributed by atoms with Crippen molar-refractivity contribution in [2.45, 2.75) is 36.8 Å². The van der Waals surface area contributed by atoms with Crippen LogP contribution in [0.1, 0.15) is 25.7 Å². The molecule has 0 aromatic carbocycles. The summed E-state index contributed by atoms with van der Waals surface area (Å²) in [7, 11) is -3.56. The van der Waals surface area contributed by atoms with Crippen molar-refractivity contribution in [3.8, 4) is 0 Å². The Morgan fingerprint density at radius 1 is 1.39 bits per heavy atom. The number of carbonyl (C=O) groups is 1. The lowest BCUT2D eigenvalue weighted by Gasteiger charge is -2.31. The summed E-state index contributed by atoms with van der Waals surface area (Å²) in [6, 6.07) is 2.94. The molecule has 1 amide bonds. The molecule has 3 heterocycles. The van der Waals surface area contributed by atoms with Crippen LogP contribution in [-0.2, 0) is 14.8 Å². The average Bonchev–Trinajstić information content (AvgIpc) is 3.25. The molecule has 0 radical (unpaired) electrons. The first-order chi connectivity index (χ1) is 11.1. The van der Waals surface area contributed by atoms with E-state index in [-0.39, 0.29) is 23.0 Å². The van der Waals surface area contributed by atoms with E-state index in [1.165, 1.54) is 16.6 Å². The molecule has 2 unspecified atom stereocenters. The van der Waals surface area contributed by atoms with Gasteiger partial charge in [-0.15, -0.1) is 0 Å². The van der Waals surface area contributed by atoms with Crippen LogP contribution in [0.4, 0.5) is 0 Å². The third-order valence-electron chi connectivity index (χ3n) is 4.51. The van der Waals surface area contributed by atoms with Gasteiger partial charge in [0, 0.05) is 19.6 Å². The highest BCUT2D eigenvalue weighted by Crippen LogP contribution is 2.23. The molecule has 0 spiro atoms. The van der Waals surface area contributed by atoms with Gasteiger partial charge in [0.2, 0.25) is 11.0 Å². The molecule has 0 aliphatic carbocycles. The van der Waals surface area contributed by atoms with E-state index in [0.29, 0.717) is 19.6 Å². The summed E-state index contributed by atoms with van der Waals surface area (Å²) in [6.07, 6.45) is 4.97. The second-order valence-electron chi connectivity index (χ2n) is 6.20. The molecule has 0 bridgehead atoms. The van der Waals surface area contributed by atoms with Gasteiger partial charge in [-0.25, -0.2) is 8.42 Å². The number of nitrogens with one attached hydrogen (secondary N) is 2. The standard InChI is InChI=1S/C15H23N3O4S/c19-15(13-5-1-7-16-13)17-10-12-4-2-8-18(11-12)23(20,21)14-6-3-9-22-14/h3,6,9,12-13,16H,1-2,4-5,7-8,10-11H2,(H,17,19). The molecule has 2 atom stereocenters. The predicted octanol–water partition coefficient (Wildman–Crippen LogP) is 0.548. The molecule has 23 heavy (non-hydrogen) atoms. The lowest BCUT2D eigenvalue weighted by Crippen LogP contribution is -2.46. The van der Waals surface area contributed by atoms with Crippen LogP contribution in [0.3, 0.4) is 0 Å². The fraction of sp³-hybridized carbons (Fsp3) is 0.667. The lowest BCUT2D eigenvalue weighted by molar-refractivity contribution is -0.123. The Balaban J connectivity index is 1.55. The van der Waals surface area contributed by atoms with Gasteiger partial charge in [-0.2, -0.15) is 4.31 Å². The van der Waals surface area contributed by atoms with Gasteiger partial charge in [0.25, 0.3) is 10.0 Å². The molecule has 7 nitrogen and oxygen atoms in total. The van der Waals surface area contributed by atoms with Crippen molar-refractivity contribution < 1.29 is 17.6 Å². The topological polar surface area (TPSA) is 91.7 Å². The van der Waals surface area contributed by atoms with Crippen LogP contribution in [0.2, 0.25) is 0 Å². The van der Waals surface area contributed by atoms with E-state index in [4.69, 9.17) is 4.42 Å². The number of hydrogen-bond acceptors (Lipinski definition) is 5. The number of carbonyl (C=O) groups excluding carboxylic acids is 1. The quantitative estimate of drug-likeness (QED) is 0.816. The first kappa shape index (κ1) is 16.5. The number of nitrogens with zero attached hydrogens (tertiary/aromatic N) is 1. The van der Waals surface area contributed by atoms with E-state index in [0.717, 1.165) is 32.2 Å². The van der Waals surface area contributed by atoms with Crippen LogP contribution >= 0.6 is 0 Å². The van der Waals surface area contributed by atoms with Crippen molar-refractivity contribution in [3.05, 3.63) is 18.4 Å². The summed E-state index contributed by atoms with van der Waals surface area (Å²) in [5.74, 6) is 0.160. The van der Waals surface area contributed by atoms with Crippen molar-refractivity contribution in [2.24, 2.45) is 5.92 Å². The summed E-state index contributed by atoms with van der Waals surface area (Å²) in [4.78, 5) is 12.0. The summed E-state index contributed by atoms with van der Waals surface area (Å²) in [5, 5.41) is 6.10. The number of amides is 1. The van der Waals surface area contributed by atoms with Gasteiger partial charge in [0.15, 0.2) is 0 Å². The highest BCUT2D eigenvalue weighted by Gasteiger charge is 2.32. The fourth-order valence-electron chi connectivity index (χ4n) is 3.23. The number of furan rings is 1. The van der Waals surface area contributed by atoms with Gasteiger partial charge in [0.05, 0.1) is 12.3 Å². The lowest BCUT2D eigenvalue weighted by atomic mass is 9.99. The molecule has 2 aliphatic heterocycles. The van der Waals surface area contributed by atoms with Gasteiger partial charge >= 0.3 is 0 Å². The van der Waals surface area contributed by atoms with Crippen molar-refractivity contribution in [1.29, 1.82) is 0 Å². The van der Waals surface area contributed by atoms with Crippen molar-refractivity contribution in [1.82, 2.24) is 14.9 Å². The Hall–Kier alpha value is -1.38. The van der Waals surface area contributed by atoms with Crippen molar-refractivity contribution in [2.75, 3.05) is 26.2 Å². The molecule has 0 saturated carbocycles. The Bertz CT molecular complexity index is 623. The van der Waals surface area contributed by atoms with Crippen molar-refractivity contribution in [3.63, 3.8) is 0 Å². The zero-order valence-electron chi connectivity index (χ0n) is 13.0. The SMILES string of the molecule is O=C(NCC1CCCN(S(=O)(=O)c2ccco2)C1)C1CCCN1. The summed E-state index contributed by atoms with van der Waals surface area (Å²) < 4.78 is 31.5. The second kappa shape index (κ2) is 7.02. The normalized spacial score (nSPS) is 26.3. The molecule has 1 aromatic heterocycles. The maximum Gasteiger partial charge on any atom is 0.276 e. The maximum absolute atomic E-state index is 12.5. The van der Waals surface area contributed by atoms with Crippen LogP contribution in [0.15, 0.2) is 27.9 Å². The van der Waals surface area contributed by atoms with Crippen molar-refractivity contribution >= 4 is 15.9 Å². The first-order valence-electron chi connectivity index (χ1n) is 8.12. The third-order valence-corrected chi connectivity index (χ3v) is 6.26. The zero-order chi connectivity index (χ0) is 16.3. The minimum Gasteiger partial charge on any atom is -0.452 e. The minimum absolute atomic E-state index is 0.0164. The Kier molecular flexibility index (Phi) is 5.03. The largest absolute Gasteiger partial charge is 0.452 e. The van der Waals surface area contributed by atoms with Gasteiger partial charge in [-0.3, -0.25) is 4.79 Å². The van der Waals surface area contributed by atoms with Gasteiger partial charge in [-0.05, 0) is 50.3 Å². The molecular weight excluding hydrogens is 318 g/mol. The monoisotopic (exact) mass is 341 g/mol. The highest BCUT2D eigenvalue weighted by molar-refractivity contribution is 7.89. The van der Waals surface area contributed by atoms with E-state index in [1.807, 2.05) is 0 Å². The van der Waals surface area contributed by atoms with E-state index >= 15 is 0 Å². The summed E-state index contributed by atoms with van der Waals surface area (Å²) in [5.41, 5.74) is 0. The van der Waals surface area contributed by atoms with E-state index in [1.54, 1.807) is 6.07 Å². The van der Waals surface area contributed by atoms with E-state index < -0.39 is 10.0 Å². The third kappa shape index (κ3) is 3.76. The molecule has 8 heteroatoms. The smallest absolute Gasteiger partial charge is 0.276 e. The first-order valence-corrected chi connectivity index (χ1v) is 9.56. The Labute approximate surface area is 136 Å². The molecule has 2 aliphatic rings. The minimum atomic E-state index is -3.56. The van der Waals surface area contributed by atoms with Crippen LogP contribution < -0.4 is 10.6 Å². The second-order valence-corrected chi connectivity index (χ2v) is 8.07. The number of piperidine rings is 1. The van der Waals surface area contributed by atoms with Crippen LogP contribution in [0.25, 0.3) is 0 Å². The highest BCUT2D eigenvalue weighted by atomic mass is 32.2. The van der Waals surface area contributed by atoms with Crippen LogP contribution in [-0.4, -0.2) is 50.9 Å². The zero-order valence-corrected chi connectivity index (χ0v) is 13.8. The maximum atomic E-state index is 12.5. The van der Waals surface area contributed by atoms with Gasteiger partial charge in [-0.1, -0.05) is 0 Å². The van der Waals surface area contributed by atoms with E-state index in [9.17, 15) is 13.2 Å². The summed E-state index contributed by atoms with van der Waals surface area (Å²) in [6.45, 7) is 2.32. The molecular formula is C15H23N3O4S. The molecule has 2 saturated heterocycles. The molecule has 3 rings (SSSR count). The summed E-state index contributed by atoms with van der Waals surface area (Å²) >= 11 is 0. The number of sulfonamides is 1. The number of rotatable bonds is 5. The van der Waals surface area contributed by atoms with Gasteiger partial charge < -0.3 is 15.1 Å². The van der Waals surface area contributed by atoms with Crippen LogP contribution in [0, 0.1) is 5.92 Å². The molecule has 2 fully saturated rings. The van der Waals surface area contributed by atoms with E-state index in [2.05, 4.69) is 10.6 Å². The molecule has 1 aromatic rings. The van der Waals surface area contributed by atoms with Gasteiger partial charge in [0.1, 0.15) is 0 Å². The predicted molar refractivity (Wildman–Crippen MR) is 84.2 cm³/mol. The average molecular weight is 341 g/mol. The Morgan fingerprint density at radius 3 is 2.96 bits per heavy atom. The molecule has 2 N–H and O–H groups in total.